The normalized spacial score (nSPS) is 10.3. The van der Waals surface area contributed by atoms with E-state index in [-0.39, 0.29) is 5.69 Å². The van der Waals surface area contributed by atoms with E-state index in [1.165, 1.54) is 37.6 Å². The van der Waals surface area contributed by atoms with Gasteiger partial charge in [-0.15, -0.1) is 0 Å². The number of carbonyl (C=O) groups is 3. The molecule has 2 N–H and O–H groups in total. The van der Waals surface area contributed by atoms with Crippen LogP contribution >= 0.6 is 0 Å². The lowest BCUT2D eigenvalue weighted by molar-refractivity contribution is -0.136. The summed E-state index contributed by atoms with van der Waals surface area (Å²) in [5.74, 6) is -2.84. The van der Waals surface area contributed by atoms with Gasteiger partial charge in [-0.05, 0) is 42.0 Å². The highest BCUT2D eigenvalue weighted by molar-refractivity contribution is 6.39. The van der Waals surface area contributed by atoms with Gasteiger partial charge in [0.15, 0.2) is 0 Å². The van der Waals surface area contributed by atoms with Crippen molar-refractivity contribution in [3.8, 4) is 0 Å². The highest BCUT2D eigenvalue weighted by Gasteiger charge is 2.12. The van der Waals surface area contributed by atoms with Gasteiger partial charge in [0.05, 0.1) is 18.9 Å². The van der Waals surface area contributed by atoms with Crippen molar-refractivity contribution in [2.45, 2.75) is 0 Å². The second kappa shape index (κ2) is 8.34. The van der Waals surface area contributed by atoms with Crippen LogP contribution in [0.25, 0.3) is 0 Å². The average Bonchev–Trinajstić information content (AvgIpc) is 2.63. The SMILES string of the molecule is COC(=O)c1ccc(C=NNC(=O)C(=O)Nc2ccc(F)cc2)cc1. The Hall–Kier alpha value is -3.55. The van der Waals surface area contributed by atoms with Crippen LogP contribution in [-0.4, -0.2) is 31.1 Å². The van der Waals surface area contributed by atoms with Crippen molar-refractivity contribution in [1.29, 1.82) is 0 Å². The van der Waals surface area contributed by atoms with Gasteiger partial charge in [0.2, 0.25) is 0 Å². The zero-order valence-electron chi connectivity index (χ0n) is 13.2. The number of esters is 1. The Balaban J connectivity index is 1.88. The van der Waals surface area contributed by atoms with E-state index >= 15 is 0 Å². The van der Waals surface area contributed by atoms with Crippen molar-refractivity contribution in [2.75, 3.05) is 12.4 Å². The number of carbonyl (C=O) groups excluding carboxylic acids is 3. The molecule has 2 aromatic carbocycles. The third kappa shape index (κ3) is 5.24. The number of methoxy groups -OCH3 is 1. The first-order chi connectivity index (χ1) is 12.0. The monoisotopic (exact) mass is 343 g/mol. The summed E-state index contributed by atoms with van der Waals surface area (Å²) < 4.78 is 17.3. The second-order valence-corrected chi connectivity index (χ2v) is 4.77. The fraction of sp³-hybridized carbons (Fsp3) is 0.0588. The van der Waals surface area contributed by atoms with Crippen LogP contribution in [0.15, 0.2) is 53.6 Å². The molecule has 7 nitrogen and oxygen atoms in total. The lowest BCUT2D eigenvalue weighted by Gasteiger charge is -2.03. The Bertz CT molecular complexity index is 802. The number of amides is 2. The van der Waals surface area contributed by atoms with Gasteiger partial charge in [0, 0.05) is 5.69 Å². The van der Waals surface area contributed by atoms with Crippen molar-refractivity contribution in [2.24, 2.45) is 5.10 Å². The lowest BCUT2D eigenvalue weighted by atomic mass is 10.1. The highest BCUT2D eigenvalue weighted by Crippen LogP contribution is 2.08. The number of hydrogen-bond acceptors (Lipinski definition) is 5. The van der Waals surface area contributed by atoms with Gasteiger partial charge in [0.25, 0.3) is 0 Å². The molecular weight excluding hydrogens is 329 g/mol. The summed E-state index contributed by atoms with van der Waals surface area (Å²) in [5, 5.41) is 5.95. The maximum atomic E-state index is 12.8. The van der Waals surface area contributed by atoms with Crippen LogP contribution in [0, 0.1) is 5.82 Å². The van der Waals surface area contributed by atoms with Gasteiger partial charge in [-0.2, -0.15) is 5.10 Å². The first kappa shape index (κ1) is 17.8. The van der Waals surface area contributed by atoms with Gasteiger partial charge >= 0.3 is 17.8 Å². The van der Waals surface area contributed by atoms with Crippen LogP contribution in [0.1, 0.15) is 15.9 Å². The number of ether oxygens (including phenoxy) is 1. The molecule has 0 heterocycles. The van der Waals surface area contributed by atoms with Crippen LogP contribution in [0.4, 0.5) is 10.1 Å². The van der Waals surface area contributed by atoms with Crippen molar-refractivity contribution < 1.29 is 23.5 Å². The number of anilines is 1. The molecule has 2 aromatic rings. The van der Waals surface area contributed by atoms with E-state index in [0.717, 1.165) is 12.1 Å². The number of nitrogens with zero attached hydrogens (tertiary/aromatic N) is 1. The zero-order chi connectivity index (χ0) is 18.2. The molecule has 2 rings (SSSR count). The minimum absolute atomic E-state index is 0.281. The standard InChI is InChI=1S/C17H14FN3O4/c1-25-17(24)12-4-2-11(3-5-12)10-19-21-16(23)15(22)20-14-8-6-13(18)7-9-14/h2-10H,1H3,(H,20,22)(H,21,23). The van der Waals surface area contributed by atoms with Crippen LogP contribution in [0.3, 0.4) is 0 Å². The fourth-order valence-electron chi connectivity index (χ4n) is 1.76. The Morgan fingerprint density at radius 3 is 2.24 bits per heavy atom. The summed E-state index contributed by atoms with van der Waals surface area (Å²) in [4.78, 5) is 34.6. The van der Waals surface area contributed by atoms with E-state index in [1.807, 2.05) is 0 Å². The molecule has 0 aliphatic rings. The van der Waals surface area contributed by atoms with Crippen LogP contribution < -0.4 is 10.7 Å². The predicted octanol–water partition coefficient (Wildman–Crippen LogP) is 1.70. The van der Waals surface area contributed by atoms with Crippen LogP contribution in [0.5, 0.6) is 0 Å². The molecule has 0 aliphatic carbocycles. The Morgan fingerprint density at radius 1 is 1.00 bits per heavy atom. The van der Waals surface area contributed by atoms with Gasteiger partial charge in [-0.25, -0.2) is 14.6 Å². The van der Waals surface area contributed by atoms with E-state index in [9.17, 15) is 18.8 Å². The van der Waals surface area contributed by atoms with E-state index in [0.29, 0.717) is 11.1 Å². The number of hydrazone groups is 1. The number of halogens is 1. The van der Waals surface area contributed by atoms with E-state index in [4.69, 9.17) is 0 Å². The second-order valence-electron chi connectivity index (χ2n) is 4.77. The molecular formula is C17H14FN3O4. The van der Waals surface area contributed by atoms with Crippen molar-refractivity contribution >= 4 is 29.7 Å². The van der Waals surface area contributed by atoms with Gasteiger partial charge in [0.1, 0.15) is 5.82 Å². The molecule has 0 atom stereocenters. The maximum Gasteiger partial charge on any atom is 0.337 e. The molecule has 0 radical (unpaired) electrons. The fourth-order valence-corrected chi connectivity index (χ4v) is 1.76. The molecule has 0 fully saturated rings. The summed E-state index contributed by atoms with van der Waals surface area (Å²) in [6.07, 6.45) is 1.31. The minimum atomic E-state index is -0.980. The van der Waals surface area contributed by atoms with Gasteiger partial charge in [-0.1, -0.05) is 12.1 Å². The van der Waals surface area contributed by atoms with Gasteiger partial charge in [-0.3, -0.25) is 9.59 Å². The molecule has 8 heteroatoms. The minimum Gasteiger partial charge on any atom is -0.465 e. The van der Waals surface area contributed by atoms with Crippen LogP contribution in [0.2, 0.25) is 0 Å². The molecule has 25 heavy (non-hydrogen) atoms. The third-order valence-electron chi connectivity index (χ3n) is 3.02. The van der Waals surface area contributed by atoms with Crippen molar-refractivity contribution in [1.82, 2.24) is 5.43 Å². The summed E-state index contributed by atoms with van der Waals surface area (Å²) in [6.45, 7) is 0. The molecule has 0 saturated carbocycles. The lowest BCUT2D eigenvalue weighted by Crippen LogP contribution is -2.32. The Kier molecular flexibility index (Phi) is 5.94. The Labute approximate surface area is 142 Å². The molecule has 0 saturated heterocycles. The number of rotatable bonds is 4. The zero-order valence-corrected chi connectivity index (χ0v) is 13.2. The van der Waals surface area contributed by atoms with Crippen molar-refractivity contribution in [3.05, 3.63) is 65.5 Å². The topological polar surface area (TPSA) is 96.9 Å². The highest BCUT2D eigenvalue weighted by atomic mass is 19.1. The van der Waals surface area contributed by atoms with E-state index in [1.54, 1.807) is 12.1 Å². The van der Waals surface area contributed by atoms with Crippen molar-refractivity contribution in [3.63, 3.8) is 0 Å². The summed E-state index contributed by atoms with van der Waals surface area (Å²) in [7, 11) is 1.28. The summed E-state index contributed by atoms with van der Waals surface area (Å²) >= 11 is 0. The molecule has 0 unspecified atom stereocenters. The number of nitrogens with one attached hydrogen (secondary N) is 2. The maximum absolute atomic E-state index is 12.8. The van der Waals surface area contributed by atoms with E-state index < -0.39 is 23.6 Å². The third-order valence-corrected chi connectivity index (χ3v) is 3.02. The first-order valence-corrected chi connectivity index (χ1v) is 7.08. The van der Waals surface area contributed by atoms with E-state index in [2.05, 4.69) is 20.6 Å². The molecule has 0 aliphatic heterocycles. The Morgan fingerprint density at radius 2 is 1.64 bits per heavy atom. The molecule has 0 aromatic heterocycles. The molecule has 0 spiro atoms. The molecule has 0 bridgehead atoms. The molecule has 2 amide bonds. The first-order valence-electron chi connectivity index (χ1n) is 7.08. The number of benzene rings is 2. The largest absolute Gasteiger partial charge is 0.465 e. The number of hydrogen-bond donors (Lipinski definition) is 2. The summed E-state index contributed by atoms with van der Waals surface area (Å²) in [5.41, 5.74) is 3.33. The molecule has 128 valence electrons. The quantitative estimate of drug-likeness (QED) is 0.382. The smallest absolute Gasteiger partial charge is 0.337 e. The van der Waals surface area contributed by atoms with Crippen LogP contribution in [-0.2, 0) is 14.3 Å². The predicted molar refractivity (Wildman–Crippen MR) is 88.5 cm³/mol. The average molecular weight is 343 g/mol. The van der Waals surface area contributed by atoms with Gasteiger partial charge < -0.3 is 10.1 Å². The summed E-state index contributed by atoms with van der Waals surface area (Å²) in [6, 6.07) is 11.2.